The number of hydrogen-bond acceptors (Lipinski definition) is 2. The average Bonchev–Trinajstić information content (AvgIpc) is 2.25. The Morgan fingerprint density at radius 1 is 1.31 bits per heavy atom. The number of carbonyl (C=O) groups excluding carboxylic acids is 1. The molecular weight excluding hydrogens is 202 g/mol. The molecule has 0 aliphatic heterocycles. The Balaban J connectivity index is 2.48. The van der Waals surface area contributed by atoms with E-state index < -0.39 is 0 Å². The molecule has 1 aromatic carbocycles. The molecular formula is C13H20NO2+. The van der Waals surface area contributed by atoms with E-state index in [2.05, 4.69) is 5.73 Å². The van der Waals surface area contributed by atoms with Crippen LogP contribution in [-0.4, -0.2) is 12.0 Å². The fraction of sp³-hybridized carbons (Fsp3) is 0.462. The summed E-state index contributed by atoms with van der Waals surface area (Å²) < 4.78 is 5.21. The molecule has 0 aromatic heterocycles. The van der Waals surface area contributed by atoms with Gasteiger partial charge in [0, 0.05) is 5.41 Å². The van der Waals surface area contributed by atoms with Crippen LogP contribution in [0.25, 0.3) is 0 Å². The molecule has 0 fully saturated rings. The summed E-state index contributed by atoms with van der Waals surface area (Å²) in [4.78, 5) is 11.7. The molecule has 88 valence electrons. The zero-order valence-corrected chi connectivity index (χ0v) is 10.2. The molecule has 3 N–H and O–H groups in total. The minimum Gasteiger partial charge on any atom is -0.456 e. The van der Waals surface area contributed by atoms with Gasteiger partial charge in [-0.15, -0.1) is 0 Å². The van der Waals surface area contributed by atoms with E-state index in [0.29, 0.717) is 6.61 Å². The number of quaternary nitrogens is 1. The number of ether oxygens (including phenoxy) is 1. The normalized spacial score (nSPS) is 13.2. The first kappa shape index (κ1) is 12.7. The zero-order valence-electron chi connectivity index (χ0n) is 10.2. The molecule has 0 saturated carbocycles. The van der Waals surface area contributed by atoms with Gasteiger partial charge in [0.1, 0.15) is 6.61 Å². The van der Waals surface area contributed by atoms with E-state index in [4.69, 9.17) is 4.74 Å². The molecule has 0 bridgehead atoms. The smallest absolute Gasteiger partial charge is 0.365 e. The lowest BCUT2D eigenvalue weighted by Gasteiger charge is -2.21. The van der Waals surface area contributed by atoms with Crippen LogP contribution >= 0.6 is 0 Å². The lowest BCUT2D eigenvalue weighted by Crippen LogP contribution is -2.70. The van der Waals surface area contributed by atoms with Crippen LogP contribution in [0.3, 0.4) is 0 Å². The van der Waals surface area contributed by atoms with Crippen molar-refractivity contribution in [2.75, 3.05) is 0 Å². The van der Waals surface area contributed by atoms with Crippen molar-refractivity contribution in [1.82, 2.24) is 0 Å². The summed E-state index contributed by atoms with van der Waals surface area (Å²) in [5.41, 5.74) is 4.69. The Morgan fingerprint density at radius 3 is 2.38 bits per heavy atom. The quantitative estimate of drug-likeness (QED) is 0.786. The molecule has 0 unspecified atom stereocenters. The summed E-state index contributed by atoms with van der Waals surface area (Å²) in [6, 6.07) is 9.31. The van der Waals surface area contributed by atoms with Gasteiger partial charge < -0.3 is 10.5 Å². The van der Waals surface area contributed by atoms with Crippen LogP contribution in [0.4, 0.5) is 0 Å². The first-order valence-electron chi connectivity index (χ1n) is 5.45. The second-order valence-corrected chi connectivity index (χ2v) is 5.01. The summed E-state index contributed by atoms with van der Waals surface area (Å²) in [5, 5.41) is 0. The van der Waals surface area contributed by atoms with Crippen LogP contribution < -0.4 is 5.73 Å². The van der Waals surface area contributed by atoms with Crippen molar-refractivity contribution in [2.45, 2.75) is 33.4 Å². The van der Waals surface area contributed by atoms with Crippen molar-refractivity contribution in [3.05, 3.63) is 35.9 Å². The highest BCUT2D eigenvalue weighted by Gasteiger charge is 2.32. The molecule has 0 amide bonds. The molecule has 0 aliphatic rings. The second kappa shape index (κ2) is 5.12. The number of rotatable bonds is 3. The van der Waals surface area contributed by atoms with Gasteiger partial charge >= 0.3 is 5.97 Å². The lowest BCUT2D eigenvalue weighted by atomic mass is 9.87. The Morgan fingerprint density at radius 2 is 1.88 bits per heavy atom. The standard InChI is InChI=1S/C13H19NO2/c1-13(2,3)11(14)12(15)16-9-10-7-5-4-6-8-10/h4-8,11H,9,14H2,1-3H3/p+1/t11-/m1/s1. The summed E-state index contributed by atoms with van der Waals surface area (Å²) in [6.07, 6.45) is 0. The Bertz CT molecular complexity index is 341. The molecule has 0 saturated heterocycles. The van der Waals surface area contributed by atoms with Crippen LogP contribution in [0.5, 0.6) is 0 Å². The lowest BCUT2D eigenvalue weighted by molar-refractivity contribution is -0.430. The minimum atomic E-state index is -0.337. The van der Waals surface area contributed by atoms with Crippen LogP contribution in [0.1, 0.15) is 26.3 Å². The van der Waals surface area contributed by atoms with Crippen LogP contribution in [-0.2, 0) is 16.1 Å². The first-order chi connectivity index (χ1) is 7.41. The molecule has 3 nitrogen and oxygen atoms in total. The average molecular weight is 222 g/mol. The van der Waals surface area contributed by atoms with Crippen LogP contribution in [0, 0.1) is 5.41 Å². The Labute approximate surface area is 96.6 Å². The van der Waals surface area contributed by atoms with Gasteiger partial charge in [-0.3, -0.25) is 0 Å². The van der Waals surface area contributed by atoms with Crippen molar-refractivity contribution < 1.29 is 15.3 Å². The van der Waals surface area contributed by atoms with Gasteiger partial charge in [-0.2, -0.15) is 0 Å². The zero-order chi connectivity index (χ0) is 12.2. The maximum atomic E-state index is 11.7. The number of esters is 1. The topological polar surface area (TPSA) is 53.9 Å². The van der Waals surface area contributed by atoms with Crippen molar-refractivity contribution in [3.63, 3.8) is 0 Å². The van der Waals surface area contributed by atoms with Crippen LogP contribution in [0.15, 0.2) is 30.3 Å². The molecule has 0 aliphatic carbocycles. The summed E-state index contributed by atoms with van der Waals surface area (Å²) in [6.45, 7) is 6.26. The van der Waals surface area contributed by atoms with Crippen LogP contribution in [0.2, 0.25) is 0 Å². The van der Waals surface area contributed by atoms with Crippen molar-refractivity contribution >= 4 is 5.97 Å². The molecule has 0 spiro atoms. The predicted octanol–water partition coefficient (Wildman–Crippen LogP) is 1.39. The number of hydrogen-bond donors (Lipinski definition) is 1. The van der Waals surface area contributed by atoms with Crippen molar-refractivity contribution in [1.29, 1.82) is 0 Å². The summed E-state index contributed by atoms with van der Waals surface area (Å²) in [7, 11) is 0. The Hall–Kier alpha value is -1.35. The number of carbonyl (C=O) groups is 1. The summed E-state index contributed by atoms with van der Waals surface area (Å²) >= 11 is 0. The summed E-state index contributed by atoms with van der Waals surface area (Å²) in [5.74, 6) is -0.239. The third-order valence-electron chi connectivity index (χ3n) is 2.55. The van der Waals surface area contributed by atoms with Gasteiger partial charge in [-0.1, -0.05) is 51.1 Å². The van der Waals surface area contributed by atoms with E-state index in [1.54, 1.807) is 0 Å². The largest absolute Gasteiger partial charge is 0.456 e. The van der Waals surface area contributed by atoms with E-state index >= 15 is 0 Å². The Kier molecular flexibility index (Phi) is 4.07. The molecule has 0 radical (unpaired) electrons. The van der Waals surface area contributed by atoms with E-state index in [1.165, 1.54) is 0 Å². The monoisotopic (exact) mass is 222 g/mol. The van der Waals surface area contributed by atoms with Crippen molar-refractivity contribution in [2.24, 2.45) is 5.41 Å². The van der Waals surface area contributed by atoms with Gasteiger partial charge in [0.15, 0.2) is 6.04 Å². The highest BCUT2D eigenvalue weighted by Crippen LogP contribution is 2.17. The minimum absolute atomic E-state index is 0.159. The maximum absolute atomic E-state index is 11.7. The first-order valence-corrected chi connectivity index (χ1v) is 5.45. The van der Waals surface area contributed by atoms with E-state index in [-0.39, 0.29) is 17.4 Å². The highest BCUT2D eigenvalue weighted by molar-refractivity contribution is 5.74. The molecule has 1 rings (SSSR count). The van der Waals surface area contributed by atoms with Gasteiger partial charge in [0.2, 0.25) is 0 Å². The molecule has 0 heterocycles. The predicted molar refractivity (Wildman–Crippen MR) is 62.4 cm³/mol. The fourth-order valence-electron chi connectivity index (χ4n) is 1.18. The van der Waals surface area contributed by atoms with Gasteiger partial charge in [-0.05, 0) is 5.56 Å². The van der Waals surface area contributed by atoms with E-state index in [0.717, 1.165) is 5.56 Å². The van der Waals surface area contributed by atoms with E-state index in [9.17, 15) is 4.79 Å². The maximum Gasteiger partial charge on any atom is 0.365 e. The van der Waals surface area contributed by atoms with Gasteiger partial charge in [0.25, 0.3) is 0 Å². The third kappa shape index (κ3) is 3.66. The van der Waals surface area contributed by atoms with E-state index in [1.807, 2.05) is 51.1 Å². The number of benzene rings is 1. The van der Waals surface area contributed by atoms with Gasteiger partial charge in [-0.25, -0.2) is 4.79 Å². The molecule has 16 heavy (non-hydrogen) atoms. The molecule has 1 aromatic rings. The molecule has 3 heteroatoms. The second-order valence-electron chi connectivity index (χ2n) is 5.01. The fourth-order valence-corrected chi connectivity index (χ4v) is 1.18. The third-order valence-corrected chi connectivity index (χ3v) is 2.55. The highest BCUT2D eigenvalue weighted by atomic mass is 16.5. The van der Waals surface area contributed by atoms with Crippen molar-refractivity contribution in [3.8, 4) is 0 Å². The molecule has 1 atom stereocenters. The SMILES string of the molecule is CC(C)(C)[C@H]([NH3+])C(=O)OCc1ccccc1. The van der Waals surface area contributed by atoms with Gasteiger partial charge in [0.05, 0.1) is 0 Å².